The molecule has 0 radical (unpaired) electrons. The lowest BCUT2D eigenvalue weighted by atomic mass is 9.71. The van der Waals surface area contributed by atoms with Gasteiger partial charge in [0.25, 0.3) is 0 Å². The summed E-state index contributed by atoms with van der Waals surface area (Å²) in [6.07, 6.45) is 7.20. The standard InChI is InChI=1S/C16H28N4O/c1-19(2)8-9-20-16(15(21-3)11-18-20)14-7-4-12(14)10-17-13-5-6-13/h11-14,17H,4-10H2,1-3H3. The molecule has 2 aliphatic rings. The van der Waals surface area contributed by atoms with Gasteiger partial charge in [-0.1, -0.05) is 0 Å². The molecule has 0 saturated heterocycles. The Balaban J connectivity index is 1.67. The summed E-state index contributed by atoms with van der Waals surface area (Å²) >= 11 is 0. The van der Waals surface area contributed by atoms with E-state index in [0.29, 0.717) is 5.92 Å². The first kappa shape index (κ1) is 14.9. The van der Waals surface area contributed by atoms with Crippen molar-refractivity contribution in [2.75, 3.05) is 34.3 Å². The molecular weight excluding hydrogens is 264 g/mol. The van der Waals surface area contributed by atoms with E-state index in [-0.39, 0.29) is 0 Å². The first-order chi connectivity index (χ1) is 10.2. The number of nitrogens with zero attached hydrogens (tertiary/aromatic N) is 3. The van der Waals surface area contributed by atoms with Gasteiger partial charge < -0.3 is 15.0 Å². The molecule has 2 aliphatic carbocycles. The summed E-state index contributed by atoms with van der Waals surface area (Å²) in [6.45, 7) is 3.10. The van der Waals surface area contributed by atoms with E-state index in [2.05, 4.69) is 34.1 Å². The Morgan fingerprint density at radius 3 is 2.71 bits per heavy atom. The van der Waals surface area contributed by atoms with Gasteiger partial charge in [-0.3, -0.25) is 4.68 Å². The fourth-order valence-corrected chi connectivity index (χ4v) is 3.16. The van der Waals surface area contributed by atoms with Crippen molar-refractivity contribution >= 4 is 0 Å². The van der Waals surface area contributed by atoms with E-state index in [0.717, 1.165) is 37.3 Å². The van der Waals surface area contributed by atoms with Crippen LogP contribution < -0.4 is 10.1 Å². The summed E-state index contributed by atoms with van der Waals surface area (Å²) in [5.41, 5.74) is 1.31. The second-order valence-electron chi connectivity index (χ2n) is 6.75. The van der Waals surface area contributed by atoms with E-state index >= 15 is 0 Å². The van der Waals surface area contributed by atoms with Crippen molar-refractivity contribution in [1.29, 1.82) is 0 Å². The van der Waals surface area contributed by atoms with Crippen molar-refractivity contribution in [3.63, 3.8) is 0 Å². The fourth-order valence-electron chi connectivity index (χ4n) is 3.16. The lowest BCUT2D eigenvalue weighted by molar-refractivity contribution is 0.224. The van der Waals surface area contributed by atoms with Gasteiger partial charge in [0.1, 0.15) is 0 Å². The predicted octanol–water partition coefficient (Wildman–Crippen LogP) is 1.70. The van der Waals surface area contributed by atoms with Gasteiger partial charge in [0.2, 0.25) is 0 Å². The largest absolute Gasteiger partial charge is 0.493 e. The van der Waals surface area contributed by atoms with E-state index in [4.69, 9.17) is 4.74 Å². The Morgan fingerprint density at radius 2 is 2.14 bits per heavy atom. The van der Waals surface area contributed by atoms with Crippen LogP contribution in [-0.2, 0) is 6.54 Å². The molecule has 5 heteroatoms. The third-order valence-electron chi connectivity index (χ3n) is 4.84. The van der Waals surface area contributed by atoms with Gasteiger partial charge in [-0.05, 0) is 52.2 Å². The van der Waals surface area contributed by atoms with E-state index in [9.17, 15) is 0 Å². The van der Waals surface area contributed by atoms with Crippen molar-refractivity contribution in [1.82, 2.24) is 20.0 Å². The summed E-state index contributed by atoms with van der Waals surface area (Å²) < 4.78 is 7.72. The number of nitrogens with one attached hydrogen (secondary N) is 1. The number of rotatable bonds is 8. The maximum absolute atomic E-state index is 5.56. The van der Waals surface area contributed by atoms with E-state index < -0.39 is 0 Å². The topological polar surface area (TPSA) is 42.3 Å². The second kappa shape index (κ2) is 6.36. The zero-order chi connectivity index (χ0) is 14.8. The molecule has 0 spiro atoms. The molecule has 1 aromatic heterocycles. The molecule has 1 heterocycles. The maximum atomic E-state index is 5.56. The predicted molar refractivity (Wildman–Crippen MR) is 83.8 cm³/mol. The van der Waals surface area contributed by atoms with E-state index in [1.54, 1.807) is 7.11 Å². The van der Waals surface area contributed by atoms with Crippen LogP contribution in [0.1, 0.15) is 37.3 Å². The average molecular weight is 292 g/mol. The van der Waals surface area contributed by atoms with Gasteiger partial charge in [0, 0.05) is 18.5 Å². The zero-order valence-corrected chi connectivity index (χ0v) is 13.5. The quantitative estimate of drug-likeness (QED) is 0.792. The highest BCUT2D eigenvalue weighted by Crippen LogP contribution is 2.45. The highest BCUT2D eigenvalue weighted by atomic mass is 16.5. The normalized spacial score (nSPS) is 25.1. The van der Waals surface area contributed by atoms with Crippen LogP contribution in [-0.4, -0.2) is 55.0 Å². The van der Waals surface area contributed by atoms with Gasteiger partial charge in [0.15, 0.2) is 5.75 Å². The summed E-state index contributed by atoms with van der Waals surface area (Å²) in [5, 5.41) is 8.23. The van der Waals surface area contributed by atoms with E-state index in [1.165, 1.54) is 31.4 Å². The van der Waals surface area contributed by atoms with Gasteiger partial charge >= 0.3 is 0 Å². The minimum atomic E-state index is 0.607. The smallest absolute Gasteiger partial charge is 0.160 e. The minimum Gasteiger partial charge on any atom is -0.493 e. The summed E-state index contributed by atoms with van der Waals surface area (Å²) in [4.78, 5) is 2.20. The number of hydrogen-bond donors (Lipinski definition) is 1. The van der Waals surface area contributed by atoms with Crippen LogP contribution in [0.5, 0.6) is 5.75 Å². The Bertz CT molecular complexity index is 467. The molecule has 2 unspecified atom stereocenters. The molecule has 2 atom stereocenters. The Kier molecular flexibility index (Phi) is 4.50. The lowest BCUT2D eigenvalue weighted by Gasteiger charge is -2.37. The van der Waals surface area contributed by atoms with Crippen LogP contribution in [0.3, 0.4) is 0 Å². The monoisotopic (exact) mass is 292 g/mol. The number of likely N-dealkylation sites (N-methyl/N-ethyl adjacent to an activating group) is 1. The molecule has 2 fully saturated rings. The molecule has 1 N–H and O–H groups in total. The highest BCUT2D eigenvalue weighted by molar-refractivity contribution is 5.31. The van der Waals surface area contributed by atoms with Crippen molar-refractivity contribution in [3.8, 4) is 5.75 Å². The lowest BCUT2D eigenvalue weighted by Crippen LogP contribution is -2.36. The first-order valence-corrected chi connectivity index (χ1v) is 8.17. The molecule has 5 nitrogen and oxygen atoms in total. The summed E-state index contributed by atoms with van der Waals surface area (Å²) in [5.74, 6) is 2.32. The molecule has 3 rings (SSSR count). The number of aromatic nitrogens is 2. The van der Waals surface area contributed by atoms with Crippen molar-refractivity contribution < 1.29 is 4.74 Å². The molecule has 0 aliphatic heterocycles. The molecule has 0 amide bonds. The van der Waals surface area contributed by atoms with Gasteiger partial charge in [-0.25, -0.2) is 0 Å². The average Bonchev–Trinajstić information content (AvgIpc) is 3.16. The first-order valence-electron chi connectivity index (χ1n) is 8.17. The molecule has 21 heavy (non-hydrogen) atoms. The van der Waals surface area contributed by atoms with E-state index in [1.807, 2.05) is 6.20 Å². The zero-order valence-electron chi connectivity index (χ0n) is 13.5. The highest BCUT2D eigenvalue weighted by Gasteiger charge is 2.37. The van der Waals surface area contributed by atoms with Crippen molar-refractivity contribution in [3.05, 3.63) is 11.9 Å². The maximum Gasteiger partial charge on any atom is 0.160 e. The molecular formula is C16H28N4O. The van der Waals surface area contributed by atoms with Gasteiger partial charge in [-0.15, -0.1) is 0 Å². The van der Waals surface area contributed by atoms with Crippen molar-refractivity contribution in [2.24, 2.45) is 5.92 Å². The van der Waals surface area contributed by atoms with Crippen LogP contribution >= 0.6 is 0 Å². The molecule has 0 bridgehead atoms. The SMILES string of the molecule is COc1cnn(CCN(C)C)c1C1CCC1CNC1CC1. The molecule has 1 aromatic rings. The third kappa shape index (κ3) is 3.40. The third-order valence-corrected chi connectivity index (χ3v) is 4.84. The Morgan fingerprint density at radius 1 is 1.33 bits per heavy atom. The Hall–Kier alpha value is -1.07. The van der Waals surface area contributed by atoms with Crippen molar-refractivity contribution in [2.45, 2.75) is 44.2 Å². The second-order valence-corrected chi connectivity index (χ2v) is 6.75. The minimum absolute atomic E-state index is 0.607. The number of hydrogen-bond acceptors (Lipinski definition) is 4. The molecule has 0 aromatic carbocycles. The number of methoxy groups -OCH3 is 1. The number of ether oxygens (including phenoxy) is 1. The summed E-state index contributed by atoms with van der Waals surface area (Å²) in [7, 11) is 5.96. The molecule has 2 saturated carbocycles. The Labute approximate surface area is 127 Å². The fraction of sp³-hybridized carbons (Fsp3) is 0.812. The van der Waals surface area contributed by atoms with Crippen LogP contribution in [0.15, 0.2) is 6.20 Å². The van der Waals surface area contributed by atoms with Crippen LogP contribution in [0.25, 0.3) is 0 Å². The van der Waals surface area contributed by atoms with Crippen LogP contribution in [0, 0.1) is 5.92 Å². The molecule has 118 valence electrons. The van der Waals surface area contributed by atoms with Gasteiger partial charge in [0.05, 0.1) is 25.5 Å². The van der Waals surface area contributed by atoms with Gasteiger partial charge in [-0.2, -0.15) is 5.10 Å². The van der Waals surface area contributed by atoms with Crippen LogP contribution in [0.4, 0.5) is 0 Å². The summed E-state index contributed by atoms with van der Waals surface area (Å²) in [6, 6.07) is 0.798. The van der Waals surface area contributed by atoms with Crippen LogP contribution in [0.2, 0.25) is 0 Å².